The molecule has 1 aromatic heterocycles. The molecule has 0 bridgehead atoms. The fourth-order valence-electron chi connectivity index (χ4n) is 4.66. The van der Waals surface area contributed by atoms with Crippen molar-refractivity contribution in [3.8, 4) is 0 Å². The van der Waals surface area contributed by atoms with Gasteiger partial charge in [-0.25, -0.2) is 13.8 Å². The van der Waals surface area contributed by atoms with Crippen molar-refractivity contribution < 1.29 is 13.6 Å². The van der Waals surface area contributed by atoms with Crippen LogP contribution in [0.15, 0.2) is 12.1 Å². The smallest absolute Gasteiger partial charge is 0.254 e. The Hall–Kier alpha value is -2.77. The molecule has 0 saturated heterocycles. The van der Waals surface area contributed by atoms with Gasteiger partial charge in [-0.3, -0.25) is 4.79 Å². The Bertz CT molecular complexity index is 1000. The summed E-state index contributed by atoms with van der Waals surface area (Å²) >= 11 is 0. The van der Waals surface area contributed by atoms with Crippen molar-refractivity contribution in [2.75, 3.05) is 24.3 Å². The number of fused-ring (bicyclic) bond motifs is 1. The van der Waals surface area contributed by atoms with Crippen molar-refractivity contribution in [1.29, 1.82) is 0 Å². The van der Waals surface area contributed by atoms with Crippen molar-refractivity contribution in [1.82, 2.24) is 15.3 Å². The number of benzene rings is 1. The van der Waals surface area contributed by atoms with Gasteiger partial charge in [0.15, 0.2) is 11.6 Å². The zero-order valence-corrected chi connectivity index (χ0v) is 19.0. The van der Waals surface area contributed by atoms with Crippen molar-refractivity contribution in [3.63, 3.8) is 0 Å². The van der Waals surface area contributed by atoms with Crippen LogP contribution < -0.4 is 15.5 Å². The van der Waals surface area contributed by atoms with Gasteiger partial charge in [-0.15, -0.1) is 0 Å². The second kappa shape index (κ2) is 9.38. The molecular weight excluding hydrogens is 412 g/mol. The van der Waals surface area contributed by atoms with Crippen LogP contribution in [-0.2, 0) is 12.8 Å². The maximum absolute atomic E-state index is 14.1. The Balaban J connectivity index is 1.36. The van der Waals surface area contributed by atoms with Crippen LogP contribution in [0.2, 0.25) is 0 Å². The van der Waals surface area contributed by atoms with E-state index < -0.39 is 17.5 Å². The number of nitrogens with zero attached hydrogens (tertiary/aromatic N) is 3. The van der Waals surface area contributed by atoms with Gasteiger partial charge in [-0.1, -0.05) is 6.07 Å². The highest BCUT2D eigenvalue weighted by molar-refractivity contribution is 5.94. The molecule has 2 aliphatic rings. The lowest BCUT2D eigenvalue weighted by atomic mass is 9.91. The summed E-state index contributed by atoms with van der Waals surface area (Å²) < 4.78 is 27.9. The number of hydrogen-bond donors (Lipinski definition) is 2. The third kappa shape index (κ3) is 4.69. The SMILES string of the molecule is Cc1ccc(C(=O)N[C@H]2CC[C@@H](Nc3nc4c(c(N(C)C)n3)CCCC4)CC2)c(F)c1F. The molecule has 0 spiro atoms. The molecule has 1 amide bonds. The molecule has 2 N–H and O–H groups in total. The Kier molecular flexibility index (Phi) is 6.58. The lowest BCUT2D eigenvalue weighted by Gasteiger charge is -2.30. The van der Waals surface area contributed by atoms with E-state index >= 15 is 0 Å². The zero-order chi connectivity index (χ0) is 22.8. The molecule has 172 valence electrons. The van der Waals surface area contributed by atoms with Crippen LogP contribution in [0.4, 0.5) is 20.5 Å². The molecule has 0 unspecified atom stereocenters. The highest BCUT2D eigenvalue weighted by Crippen LogP contribution is 2.29. The van der Waals surface area contributed by atoms with Gasteiger partial charge in [-0.2, -0.15) is 4.98 Å². The first-order valence-electron chi connectivity index (χ1n) is 11.4. The average molecular weight is 444 g/mol. The number of nitrogens with one attached hydrogen (secondary N) is 2. The van der Waals surface area contributed by atoms with Crippen LogP contribution in [0.3, 0.4) is 0 Å². The minimum absolute atomic E-state index is 0.0638. The molecule has 1 saturated carbocycles. The Morgan fingerprint density at radius 3 is 2.41 bits per heavy atom. The Morgan fingerprint density at radius 1 is 1.00 bits per heavy atom. The van der Waals surface area contributed by atoms with Gasteiger partial charge < -0.3 is 15.5 Å². The monoisotopic (exact) mass is 443 g/mol. The van der Waals surface area contributed by atoms with E-state index in [2.05, 4.69) is 15.5 Å². The number of aromatic nitrogens is 2. The van der Waals surface area contributed by atoms with Crippen molar-refractivity contribution in [2.24, 2.45) is 0 Å². The summed E-state index contributed by atoms with van der Waals surface area (Å²) in [6.45, 7) is 1.47. The topological polar surface area (TPSA) is 70.2 Å². The molecule has 32 heavy (non-hydrogen) atoms. The number of rotatable bonds is 5. The summed E-state index contributed by atoms with van der Waals surface area (Å²) in [7, 11) is 4.02. The lowest BCUT2D eigenvalue weighted by Crippen LogP contribution is -2.40. The highest BCUT2D eigenvalue weighted by Gasteiger charge is 2.26. The van der Waals surface area contributed by atoms with E-state index in [-0.39, 0.29) is 23.2 Å². The van der Waals surface area contributed by atoms with Gasteiger partial charge in [-0.05, 0) is 69.9 Å². The second-order valence-electron chi connectivity index (χ2n) is 9.12. The quantitative estimate of drug-likeness (QED) is 0.726. The summed E-state index contributed by atoms with van der Waals surface area (Å²) in [4.78, 5) is 24.1. The third-order valence-corrected chi connectivity index (χ3v) is 6.50. The fraction of sp³-hybridized carbons (Fsp3) is 0.542. The minimum Gasteiger partial charge on any atom is -0.362 e. The standard InChI is InChI=1S/C24H31F2N5O/c1-14-8-13-18(21(26)20(14)25)23(32)27-15-9-11-16(12-10-15)28-24-29-19-7-5-4-6-17(19)22(30-24)31(2)3/h8,13,15-16H,4-7,9-12H2,1-3H3,(H,27,32)(H,28,29,30)/t15-,16+. The number of aryl methyl sites for hydroxylation is 2. The van der Waals surface area contributed by atoms with Crippen LogP contribution >= 0.6 is 0 Å². The first-order valence-corrected chi connectivity index (χ1v) is 11.4. The van der Waals surface area contributed by atoms with Gasteiger partial charge in [0.1, 0.15) is 5.82 Å². The molecule has 4 rings (SSSR count). The molecule has 1 heterocycles. The highest BCUT2D eigenvalue weighted by atomic mass is 19.2. The molecule has 0 aliphatic heterocycles. The van der Waals surface area contributed by atoms with Crippen LogP contribution in [0.5, 0.6) is 0 Å². The van der Waals surface area contributed by atoms with Gasteiger partial charge in [0.05, 0.1) is 11.3 Å². The average Bonchev–Trinajstić information content (AvgIpc) is 2.78. The third-order valence-electron chi connectivity index (χ3n) is 6.50. The Labute approximate surface area is 187 Å². The minimum atomic E-state index is -1.08. The largest absolute Gasteiger partial charge is 0.362 e. The maximum atomic E-state index is 14.1. The number of amides is 1. The van der Waals surface area contributed by atoms with Gasteiger partial charge >= 0.3 is 0 Å². The van der Waals surface area contributed by atoms with E-state index in [0.29, 0.717) is 5.95 Å². The van der Waals surface area contributed by atoms with Crippen LogP contribution in [0.1, 0.15) is 65.7 Å². The summed E-state index contributed by atoms with van der Waals surface area (Å²) in [5.41, 5.74) is 2.35. The number of carbonyl (C=O) groups is 1. The molecule has 6 nitrogen and oxygen atoms in total. The van der Waals surface area contributed by atoms with Gasteiger partial charge in [0.25, 0.3) is 5.91 Å². The predicted molar refractivity (Wildman–Crippen MR) is 121 cm³/mol. The summed E-state index contributed by atoms with van der Waals surface area (Å²) in [5, 5.41) is 6.34. The van der Waals surface area contributed by atoms with Gasteiger partial charge in [0, 0.05) is 31.7 Å². The predicted octanol–water partition coefficient (Wildman–Crippen LogP) is 4.16. The molecule has 0 atom stereocenters. The summed E-state index contributed by atoms with van der Waals surface area (Å²) in [6, 6.07) is 2.92. The van der Waals surface area contributed by atoms with Gasteiger partial charge in [0.2, 0.25) is 5.95 Å². The molecular formula is C24H31F2N5O. The second-order valence-corrected chi connectivity index (χ2v) is 9.12. The molecule has 2 aliphatic carbocycles. The van der Waals surface area contributed by atoms with Crippen LogP contribution in [0.25, 0.3) is 0 Å². The first-order chi connectivity index (χ1) is 15.3. The molecule has 8 heteroatoms. The zero-order valence-electron chi connectivity index (χ0n) is 19.0. The number of halogens is 2. The van der Waals surface area contributed by atoms with E-state index in [9.17, 15) is 13.6 Å². The first kappa shape index (κ1) is 22.4. The molecule has 1 aromatic carbocycles. The van der Waals surface area contributed by atoms with Crippen molar-refractivity contribution in [2.45, 2.75) is 70.4 Å². The lowest BCUT2D eigenvalue weighted by molar-refractivity contribution is 0.0921. The number of hydrogen-bond acceptors (Lipinski definition) is 5. The van der Waals surface area contributed by atoms with Crippen LogP contribution in [-0.4, -0.2) is 42.1 Å². The fourth-order valence-corrected chi connectivity index (χ4v) is 4.66. The van der Waals surface area contributed by atoms with E-state index in [1.54, 1.807) is 0 Å². The normalized spacial score (nSPS) is 20.4. The maximum Gasteiger partial charge on any atom is 0.254 e. The molecule has 0 radical (unpaired) electrons. The molecule has 2 aromatic rings. The van der Waals surface area contributed by atoms with E-state index in [4.69, 9.17) is 9.97 Å². The van der Waals surface area contributed by atoms with E-state index in [1.165, 1.54) is 31.0 Å². The molecule has 1 fully saturated rings. The summed E-state index contributed by atoms with van der Waals surface area (Å²) in [5.74, 6) is -0.956. The van der Waals surface area contributed by atoms with Crippen molar-refractivity contribution in [3.05, 3.63) is 46.2 Å². The number of carbonyl (C=O) groups excluding carboxylic acids is 1. The van der Waals surface area contributed by atoms with E-state index in [0.717, 1.165) is 56.5 Å². The van der Waals surface area contributed by atoms with Crippen LogP contribution in [0, 0.1) is 18.6 Å². The Morgan fingerprint density at radius 2 is 1.69 bits per heavy atom. The van der Waals surface area contributed by atoms with Crippen molar-refractivity contribution >= 4 is 17.7 Å². The number of anilines is 2. The summed E-state index contributed by atoms with van der Waals surface area (Å²) in [6.07, 6.45) is 7.55. The van der Waals surface area contributed by atoms with E-state index in [1.807, 2.05) is 14.1 Å².